The number of hydrogen-bond acceptors (Lipinski definition) is 3. The van der Waals surface area contributed by atoms with Gasteiger partial charge in [-0.25, -0.2) is 0 Å². The molecule has 0 atom stereocenters. The Kier molecular flexibility index (Phi) is 4.77. The summed E-state index contributed by atoms with van der Waals surface area (Å²) in [6, 6.07) is 15.0. The van der Waals surface area contributed by atoms with Crippen molar-refractivity contribution in [1.82, 2.24) is 4.90 Å². The lowest BCUT2D eigenvalue weighted by Gasteiger charge is -2.13. The predicted octanol–water partition coefficient (Wildman–Crippen LogP) is 3.19. The van der Waals surface area contributed by atoms with Gasteiger partial charge in [-0.05, 0) is 56.3 Å². The number of nitrogens with zero attached hydrogens (tertiary/aromatic N) is 2. The van der Waals surface area contributed by atoms with Gasteiger partial charge in [0.05, 0.1) is 19.4 Å². The fourth-order valence-electron chi connectivity index (χ4n) is 3.05. The summed E-state index contributed by atoms with van der Waals surface area (Å²) >= 11 is 0. The fraction of sp³-hybridized carbons (Fsp3) is 0.350. The molecule has 2 aromatic rings. The Morgan fingerprint density at radius 3 is 2.52 bits per heavy atom. The Morgan fingerprint density at radius 1 is 1.00 bits per heavy atom. The average molecular weight is 308 g/mol. The summed E-state index contributed by atoms with van der Waals surface area (Å²) in [5.41, 5.74) is 6.35. The standard InChI is InChI=1S/C20H24N2O/c1-22(2)13-12-21-20-18-7-5-4-6-15(18)8-9-16-14-17(23-3)10-11-19(16)20/h4-7,10-11,14H,8-9,12-13H2,1-3H3. The van der Waals surface area contributed by atoms with Gasteiger partial charge in [-0.15, -0.1) is 0 Å². The first-order valence-electron chi connectivity index (χ1n) is 8.14. The van der Waals surface area contributed by atoms with Gasteiger partial charge >= 0.3 is 0 Å². The summed E-state index contributed by atoms with van der Waals surface area (Å²) in [4.78, 5) is 7.12. The lowest BCUT2D eigenvalue weighted by Crippen LogP contribution is -2.17. The summed E-state index contributed by atoms with van der Waals surface area (Å²) in [6.45, 7) is 1.76. The number of benzene rings is 2. The molecule has 0 unspecified atom stereocenters. The van der Waals surface area contributed by atoms with E-state index in [4.69, 9.17) is 9.73 Å². The maximum absolute atomic E-state index is 5.40. The number of likely N-dealkylation sites (N-methyl/N-ethyl adjacent to an activating group) is 1. The van der Waals surface area contributed by atoms with Crippen molar-refractivity contribution in [1.29, 1.82) is 0 Å². The van der Waals surface area contributed by atoms with E-state index in [9.17, 15) is 0 Å². The Bertz CT molecular complexity index is 719. The lowest BCUT2D eigenvalue weighted by molar-refractivity contribution is 0.414. The highest BCUT2D eigenvalue weighted by atomic mass is 16.5. The van der Waals surface area contributed by atoms with Gasteiger partial charge in [0.2, 0.25) is 0 Å². The molecule has 0 N–H and O–H groups in total. The third-order valence-electron chi connectivity index (χ3n) is 4.32. The molecule has 1 aliphatic carbocycles. The third-order valence-corrected chi connectivity index (χ3v) is 4.32. The van der Waals surface area contributed by atoms with E-state index in [2.05, 4.69) is 55.4 Å². The third kappa shape index (κ3) is 3.45. The van der Waals surface area contributed by atoms with E-state index in [0.717, 1.165) is 37.4 Å². The SMILES string of the molecule is COc1ccc2c(c1)CCc1ccccc1C2=NCCN(C)C. The first-order chi connectivity index (χ1) is 11.2. The van der Waals surface area contributed by atoms with E-state index in [0.29, 0.717) is 0 Å². The zero-order valence-electron chi connectivity index (χ0n) is 14.2. The molecule has 120 valence electrons. The van der Waals surface area contributed by atoms with Gasteiger partial charge in [0, 0.05) is 17.7 Å². The monoisotopic (exact) mass is 308 g/mol. The van der Waals surface area contributed by atoms with E-state index in [1.54, 1.807) is 7.11 Å². The van der Waals surface area contributed by atoms with Crippen LogP contribution in [0.15, 0.2) is 47.5 Å². The van der Waals surface area contributed by atoms with Gasteiger partial charge in [-0.3, -0.25) is 4.99 Å². The van der Waals surface area contributed by atoms with Crippen LogP contribution in [0.4, 0.5) is 0 Å². The number of aliphatic imine (C=N–C) groups is 1. The molecular formula is C20H24N2O. The number of aryl methyl sites for hydroxylation is 2. The highest BCUT2D eigenvalue weighted by molar-refractivity contribution is 6.15. The van der Waals surface area contributed by atoms with Crippen molar-refractivity contribution in [3.8, 4) is 5.75 Å². The summed E-state index contributed by atoms with van der Waals surface area (Å²) in [5.74, 6) is 0.919. The second-order valence-corrected chi connectivity index (χ2v) is 6.21. The van der Waals surface area contributed by atoms with Crippen molar-refractivity contribution in [2.75, 3.05) is 34.3 Å². The summed E-state index contributed by atoms with van der Waals surface area (Å²) in [5, 5.41) is 0. The van der Waals surface area contributed by atoms with E-state index in [1.807, 2.05) is 6.07 Å². The second kappa shape index (κ2) is 6.97. The van der Waals surface area contributed by atoms with Crippen molar-refractivity contribution < 1.29 is 4.74 Å². The highest BCUT2D eigenvalue weighted by Crippen LogP contribution is 2.28. The van der Waals surface area contributed by atoms with Crippen LogP contribution in [0, 0.1) is 0 Å². The molecule has 1 aliphatic rings. The smallest absolute Gasteiger partial charge is 0.119 e. The van der Waals surface area contributed by atoms with Crippen molar-refractivity contribution >= 4 is 5.71 Å². The van der Waals surface area contributed by atoms with Crippen LogP contribution in [-0.4, -0.2) is 44.9 Å². The molecule has 23 heavy (non-hydrogen) atoms. The summed E-state index contributed by atoms with van der Waals surface area (Å²) in [7, 11) is 5.89. The minimum atomic E-state index is 0.808. The molecule has 0 amide bonds. The van der Waals surface area contributed by atoms with E-state index in [-0.39, 0.29) is 0 Å². The molecule has 0 aromatic heterocycles. The Balaban J connectivity index is 2.07. The molecule has 3 rings (SSSR count). The van der Waals surface area contributed by atoms with Crippen LogP contribution in [0.25, 0.3) is 0 Å². The Hall–Kier alpha value is -2.13. The number of methoxy groups -OCH3 is 1. The van der Waals surface area contributed by atoms with Crippen molar-refractivity contribution in [2.24, 2.45) is 4.99 Å². The number of ether oxygens (including phenoxy) is 1. The fourth-order valence-corrected chi connectivity index (χ4v) is 3.05. The van der Waals surface area contributed by atoms with Crippen molar-refractivity contribution in [3.05, 3.63) is 64.7 Å². The molecular weight excluding hydrogens is 284 g/mol. The molecule has 0 saturated heterocycles. The molecule has 0 radical (unpaired) electrons. The largest absolute Gasteiger partial charge is 0.497 e. The van der Waals surface area contributed by atoms with Crippen LogP contribution in [-0.2, 0) is 12.8 Å². The van der Waals surface area contributed by atoms with Crippen molar-refractivity contribution in [2.45, 2.75) is 12.8 Å². The zero-order valence-corrected chi connectivity index (χ0v) is 14.2. The molecule has 0 bridgehead atoms. The van der Waals surface area contributed by atoms with Gasteiger partial charge in [0.1, 0.15) is 5.75 Å². The van der Waals surface area contributed by atoms with Crippen LogP contribution in [0.1, 0.15) is 22.3 Å². The minimum Gasteiger partial charge on any atom is -0.497 e. The normalized spacial score (nSPS) is 15.2. The quantitative estimate of drug-likeness (QED) is 0.866. The molecule has 0 saturated carbocycles. The maximum atomic E-state index is 5.40. The number of rotatable bonds is 4. The van der Waals surface area contributed by atoms with Gasteiger partial charge in [0.15, 0.2) is 0 Å². The molecule has 3 nitrogen and oxygen atoms in total. The summed E-state index contributed by atoms with van der Waals surface area (Å²) in [6.07, 6.45) is 2.07. The molecule has 3 heteroatoms. The second-order valence-electron chi connectivity index (χ2n) is 6.21. The molecule has 0 spiro atoms. The van der Waals surface area contributed by atoms with E-state index in [1.165, 1.54) is 22.3 Å². The molecule has 0 fully saturated rings. The number of fused-ring (bicyclic) bond motifs is 2. The van der Waals surface area contributed by atoms with Crippen LogP contribution >= 0.6 is 0 Å². The van der Waals surface area contributed by atoms with Gasteiger partial charge < -0.3 is 9.64 Å². The molecule has 0 aliphatic heterocycles. The zero-order chi connectivity index (χ0) is 16.2. The van der Waals surface area contributed by atoms with Gasteiger partial charge in [0.25, 0.3) is 0 Å². The number of hydrogen-bond donors (Lipinski definition) is 0. The van der Waals surface area contributed by atoms with E-state index >= 15 is 0 Å². The first kappa shape index (κ1) is 15.8. The van der Waals surface area contributed by atoms with E-state index < -0.39 is 0 Å². The highest BCUT2D eigenvalue weighted by Gasteiger charge is 2.19. The Morgan fingerprint density at radius 2 is 1.74 bits per heavy atom. The van der Waals surface area contributed by atoms with Crippen LogP contribution in [0.3, 0.4) is 0 Å². The maximum Gasteiger partial charge on any atom is 0.119 e. The van der Waals surface area contributed by atoms with Crippen LogP contribution in [0.5, 0.6) is 5.75 Å². The molecule has 2 aromatic carbocycles. The summed E-state index contributed by atoms with van der Waals surface area (Å²) < 4.78 is 5.40. The van der Waals surface area contributed by atoms with Crippen LogP contribution in [0.2, 0.25) is 0 Å². The van der Waals surface area contributed by atoms with Gasteiger partial charge in [-0.2, -0.15) is 0 Å². The predicted molar refractivity (Wildman–Crippen MR) is 95.9 cm³/mol. The van der Waals surface area contributed by atoms with Crippen molar-refractivity contribution in [3.63, 3.8) is 0 Å². The lowest BCUT2D eigenvalue weighted by atomic mass is 9.97. The van der Waals surface area contributed by atoms with Crippen LogP contribution < -0.4 is 4.74 Å². The minimum absolute atomic E-state index is 0.808. The molecule has 0 heterocycles. The Labute approximate surface area is 138 Å². The van der Waals surface area contributed by atoms with Gasteiger partial charge in [-0.1, -0.05) is 24.3 Å². The topological polar surface area (TPSA) is 24.8 Å². The average Bonchev–Trinajstić information content (AvgIpc) is 2.71. The first-order valence-corrected chi connectivity index (χ1v) is 8.14.